The Hall–Kier alpha value is -5.75. The SMILES string of the molecule is CCOC(=O)C1CCCCC(NC(=O)/C=C/c2cc(Cl)ccc2-n2cnnn2)c2nc(C#N)c([nH]2)-c2ccc(NC(=O)OC)cc2N1. The monoisotopic (exact) mass is 658 g/mol. The summed E-state index contributed by atoms with van der Waals surface area (Å²) in [6.45, 7) is 1.93. The number of aromatic nitrogens is 6. The summed E-state index contributed by atoms with van der Waals surface area (Å²) in [7, 11) is 1.25. The topological polar surface area (TPSA) is 202 Å². The number of rotatable bonds is 7. The molecule has 15 nitrogen and oxygen atoms in total. The first-order valence-electron chi connectivity index (χ1n) is 14.7. The molecule has 1 aliphatic heterocycles. The number of H-pyrrole nitrogens is 1. The predicted molar refractivity (Wildman–Crippen MR) is 171 cm³/mol. The fraction of sp³-hybridized carbons (Fsp3) is 0.290. The maximum Gasteiger partial charge on any atom is 0.411 e. The van der Waals surface area contributed by atoms with Crippen LogP contribution in [0.2, 0.25) is 5.02 Å². The summed E-state index contributed by atoms with van der Waals surface area (Å²) in [6.07, 6.45) is 5.84. The maximum atomic E-state index is 13.3. The Morgan fingerprint density at radius 1 is 1.19 bits per heavy atom. The smallest absolute Gasteiger partial charge is 0.411 e. The largest absolute Gasteiger partial charge is 0.464 e. The number of anilines is 2. The van der Waals surface area contributed by atoms with E-state index in [2.05, 4.69) is 47.5 Å². The maximum absolute atomic E-state index is 13.3. The van der Waals surface area contributed by atoms with E-state index in [0.29, 0.717) is 70.4 Å². The number of fused-ring (bicyclic) bond motifs is 4. The van der Waals surface area contributed by atoms with Gasteiger partial charge < -0.3 is 25.1 Å². The Bertz CT molecular complexity index is 1830. The number of tetrazole rings is 1. The summed E-state index contributed by atoms with van der Waals surface area (Å²) in [4.78, 5) is 45.9. The molecule has 4 N–H and O–H groups in total. The van der Waals surface area contributed by atoms with Gasteiger partial charge in [0.2, 0.25) is 5.91 Å². The fourth-order valence-corrected chi connectivity index (χ4v) is 5.32. The van der Waals surface area contributed by atoms with E-state index in [-0.39, 0.29) is 12.3 Å². The number of halogens is 1. The van der Waals surface area contributed by atoms with Crippen molar-refractivity contribution in [2.75, 3.05) is 24.4 Å². The van der Waals surface area contributed by atoms with Crippen LogP contribution in [0.5, 0.6) is 0 Å². The molecular formula is C31H31ClN10O5. The summed E-state index contributed by atoms with van der Waals surface area (Å²) in [5.74, 6) is -0.462. The van der Waals surface area contributed by atoms with Crippen molar-refractivity contribution in [2.45, 2.75) is 44.7 Å². The number of carbonyl (C=O) groups excluding carboxylic acids is 3. The number of ether oxygens (including phenoxy) is 2. The number of amides is 2. The fourth-order valence-electron chi connectivity index (χ4n) is 5.14. The predicted octanol–water partition coefficient (Wildman–Crippen LogP) is 4.54. The van der Waals surface area contributed by atoms with Crippen LogP contribution in [0, 0.1) is 11.3 Å². The molecule has 1 aliphatic rings. The van der Waals surface area contributed by atoms with Crippen LogP contribution in [0.3, 0.4) is 0 Å². The van der Waals surface area contributed by atoms with Crippen molar-refractivity contribution in [1.29, 1.82) is 5.26 Å². The molecule has 3 heterocycles. The van der Waals surface area contributed by atoms with E-state index in [0.717, 1.165) is 0 Å². The molecule has 2 atom stereocenters. The molecule has 0 saturated heterocycles. The Labute approximate surface area is 274 Å². The van der Waals surface area contributed by atoms with Crippen molar-refractivity contribution in [1.82, 2.24) is 35.5 Å². The number of nitriles is 1. The highest BCUT2D eigenvalue weighted by Crippen LogP contribution is 2.35. The van der Waals surface area contributed by atoms with Gasteiger partial charge in [-0.2, -0.15) is 9.94 Å². The van der Waals surface area contributed by atoms with E-state index in [1.165, 1.54) is 24.2 Å². The van der Waals surface area contributed by atoms with Crippen LogP contribution >= 0.6 is 11.6 Å². The molecule has 0 radical (unpaired) electrons. The Balaban J connectivity index is 1.48. The van der Waals surface area contributed by atoms with Crippen LogP contribution in [-0.4, -0.2) is 67.9 Å². The van der Waals surface area contributed by atoms with Gasteiger partial charge in [-0.1, -0.05) is 24.4 Å². The molecule has 0 saturated carbocycles. The van der Waals surface area contributed by atoms with E-state index in [1.54, 1.807) is 49.4 Å². The van der Waals surface area contributed by atoms with Gasteiger partial charge in [0.25, 0.3) is 0 Å². The third kappa shape index (κ3) is 7.92. The van der Waals surface area contributed by atoms with Gasteiger partial charge in [0.15, 0.2) is 5.69 Å². The zero-order valence-corrected chi connectivity index (χ0v) is 26.2. The lowest BCUT2D eigenvalue weighted by atomic mass is 10.0. The van der Waals surface area contributed by atoms with Crippen LogP contribution in [0.25, 0.3) is 23.0 Å². The lowest BCUT2D eigenvalue weighted by Crippen LogP contribution is -2.32. The number of hydrogen-bond acceptors (Lipinski definition) is 11. The number of carbonyl (C=O) groups is 3. The number of imidazole rings is 1. The van der Waals surface area contributed by atoms with Crippen molar-refractivity contribution in [3.63, 3.8) is 0 Å². The standard InChI is InChI=1S/C31H31ClN10O5/c1-3-47-30(44)23-7-5-4-6-22(37-27(43)13-8-18-14-19(32)9-12-26(18)42-17-34-40-41-42)29-38-25(16-33)28(39-29)21-11-10-20(15-24(21)36-23)35-31(45)46-2/h8-15,17,22-23,36H,3-7H2,1-2H3,(H,35,45)(H,37,43)(H,38,39)/b13-8+. The van der Waals surface area contributed by atoms with E-state index in [4.69, 9.17) is 21.1 Å². The number of hydrogen-bond donors (Lipinski definition) is 4. The van der Waals surface area contributed by atoms with E-state index >= 15 is 0 Å². The number of nitrogens with zero attached hydrogens (tertiary/aromatic N) is 6. The second-order valence-corrected chi connectivity index (χ2v) is 10.9. The van der Waals surface area contributed by atoms with Gasteiger partial charge in [-0.3, -0.25) is 10.1 Å². The molecule has 0 aliphatic carbocycles. The van der Waals surface area contributed by atoms with E-state index in [1.807, 2.05) is 0 Å². The van der Waals surface area contributed by atoms with Crippen molar-refractivity contribution in [2.24, 2.45) is 0 Å². The van der Waals surface area contributed by atoms with Gasteiger partial charge in [0, 0.05) is 33.6 Å². The average molecular weight is 659 g/mol. The summed E-state index contributed by atoms with van der Waals surface area (Å²) >= 11 is 6.22. The first-order chi connectivity index (χ1) is 22.8. The van der Waals surface area contributed by atoms with Crippen molar-refractivity contribution < 1.29 is 23.9 Å². The number of methoxy groups -OCH3 is 1. The molecule has 2 amide bonds. The molecule has 16 heteroatoms. The first-order valence-corrected chi connectivity index (χ1v) is 15.1. The second kappa shape index (κ2) is 15.0. The van der Waals surface area contributed by atoms with Crippen molar-refractivity contribution in [3.05, 3.63) is 70.9 Å². The molecule has 5 rings (SSSR count). The molecule has 47 heavy (non-hydrogen) atoms. The summed E-state index contributed by atoms with van der Waals surface area (Å²) in [6, 6.07) is 10.9. The number of esters is 1. The molecule has 2 bridgehead atoms. The Morgan fingerprint density at radius 2 is 2.02 bits per heavy atom. The van der Waals surface area contributed by atoms with Crippen LogP contribution < -0.4 is 16.0 Å². The van der Waals surface area contributed by atoms with Crippen LogP contribution in [0.15, 0.2) is 48.8 Å². The lowest BCUT2D eigenvalue weighted by molar-refractivity contribution is -0.144. The van der Waals surface area contributed by atoms with Gasteiger partial charge in [0.1, 0.15) is 24.3 Å². The summed E-state index contributed by atoms with van der Waals surface area (Å²) in [5.41, 5.74) is 3.06. The molecule has 2 unspecified atom stereocenters. The average Bonchev–Trinajstić information content (AvgIpc) is 3.75. The zero-order valence-electron chi connectivity index (χ0n) is 25.5. The molecule has 0 fully saturated rings. The first kappa shape index (κ1) is 32.6. The van der Waals surface area contributed by atoms with Gasteiger partial charge in [-0.15, -0.1) is 5.10 Å². The van der Waals surface area contributed by atoms with E-state index < -0.39 is 30.1 Å². The Morgan fingerprint density at radius 3 is 2.77 bits per heavy atom. The minimum absolute atomic E-state index is 0.0865. The minimum atomic E-state index is -0.725. The van der Waals surface area contributed by atoms with Gasteiger partial charge >= 0.3 is 12.1 Å². The highest BCUT2D eigenvalue weighted by atomic mass is 35.5. The molecule has 0 spiro atoms. The Kier molecular flexibility index (Phi) is 10.4. The third-order valence-electron chi connectivity index (χ3n) is 7.33. The molecule has 4 aromatic rings. The van der Waals surface area contributed by atoms with E-state index in [9.17, 15) is 19.6 Å². The molecule has 2 aromatic carbocycles. The van der Waals surface area contributed by atoms with Gasteiger partial charge in [-0.25, -0.2) is 14.6 Å². The number of benzene rings is 2. The highest BCUT2D eigenvalue weighted by molar-refractivity contribution is 6.30. The summed E-state index contributed by atoms with van der Waals surface area (Å²) in [5, 5.41) is 30.6. The zero-order chi connectivity index (χ0) is 33.3. The third-order valence-corrected chi connectivity index (χ3v) is 7.57. The van der Waals surface area contributed by atoms with Crippen molar-refractivity contribution in [3.8, 4) is 23.0 Å². The lowest BCUT2D eigenvalue weighted by Gasteiger charge is -2.22. The van der Waals surface area contributed by atoms with Crippen LogP contribution in [0.1, 0.15) is 55.7 Å². The minimum Gasteiger partial charge on any atom is -0.464 e. The number of nitrogens with one attached hydrogen (secondary N) is 4. The van der Waals surface area contributed by atoms with Gasteiger partial charge in [-0.05, 0) is 72.7 Å². The van der Waals surface area contributed by atoms with Crippen molar-refractivity contribution >= 4 is 47.0 Å². The summed E-state index contributed by atoms with van der Waals surface area (Å²) < 4.78 is 11.5. The number of aromatic amines is 1. The van der Waals surface area contributed by atoms with Crippen LogP contribution in [0.4, 0.5) is 16.2 Å². The second-order valence-electron chi connectivity index (χ2n) is 10.4. The highest BCUT2D eigenvalue weighted by Gasteiger charge is 2.27. The molecular weight excluding hydrogens is 628 g/mol. The quantitative estimate of drug-likeness (QED) is 0.160. The molecule has 2 aromatic heterocycles. The normalized spacial score (nSPS) is 16.0. The van der Waals surface area contributed by atoms with Crippen LogP contribution in [-0.2, 0) is 19.1 Å². The molecule has 242 valence electrons. The van der Waals surface area contributed by atoms with Gasteiger partial charge in [0.05, 0.1) is 31.1 Å².